The number of aromatic hydroxyl groups is 1. The molecule has 1 N–H and O–H groups in total. The predicted octanol–water partition coefficient (Wildman–Crippen LogP) is 8.02. The van der Waals surface area contributed by atoms with Gasteiger partial charge in [0.1, 0.15) is 5.75 Å². The van der Waals surface area contributed by atoms with Gasteiger partial charge in [-0.25, -0.2) is 0 Å². The molecule has 0 bridgehead atoms. The zero-order valence-electron chi connectivity index (χ0n) is 19.3. The molecule has 4 rings (SSSR count). The fourth-order valence-electron chi connectivity index (χ4n) is 5.43. The van der Waals surface area contributed by atoms with E-state index in [9.17, 15) is 5.11 Å². The minimum absolute atomic E-state index is 0.0772. The van der Waals surface area contributed by atoms with E-state index in [1.54, 1.807) is 0 Å². The van der Waals surface area contributed by atoms with Crippen molar-refractivity contribution in [3.05, 3.63) is 90.5 Å². The Morgan fingerprint density at radius 3 is 2.53 bits per heavy atom. The molecule has 1 saturated heterocycles. The summed E-state index contributed by atoms with van der Waals surface area (Å²) in [5.74, 6) is 0.409. The van der Waals surface area contributed by atoms with E-state index in [-0.39, 0.29) is 6.04 Å². The summed E-state index contributed by atoms with van der Waals surface area (Å²) in [6.07, 6.45) is 13.3. The van der Waals surface area contributed by atoms with Crippen LogP contribution >= 0.6 is 0 Å². The Morgan fingerprint density at radius 2 is 1.69 bits per heavy atom. The summed E-state index contributed by atoms with van der Waals surface area (Å²) in [6, 6.07) is 23.8. The maximum atomic E-state index is 11.1. The summed E-state index contributed by atoms with van der Waals surface area (Å²) in [5.41, 5.74) is 2.34. The summed E-state index contributed by atoms with van der Waals surface area (Å²) >= 11 is 0. The van der Waals surface area contributed by atoms with E-state index >= 15 is 0 Å². The van der Waals surface area contributed by atoms with Crippen LogP contribution in [0.3, 0.4) is 0 Å². The largest absolute Gasteiger partial charge is 0.508 e. The third-order valence-electron chi connectivity index (χ3n) is 7.04. The number of piperidine rings is 1. The van der Waals surface area contributed by atoms with Gasteiger partial charge in [-0.1, -0.05) is 92.4 Å². The molecule has 1 aliphatic heterocycles. The molecule has 1 aliphatic rings. The van der Waals surface area contributed by atoms with Crippen LogP contribution in [0.1, 0.15) is 75.0 Å². The third kappa shape index (κ3) is 5.24. The fourth-order valence-corrected chi connectivity index (χ4v) is 5.43. The molecular formula is C30H37NO. The molecule has 0 unspecified atom stereocenters. The topological polar surface area (TPSA) is 23.5 Å². The van der Waals surface area contributed by atoms with Crippen LogP contribution in [0.2, 0.25) is 0 Å². The highest BCUT2D eigenvalue weighted by Gasteiger charge is 2.33. The first-order valence-electron chi connectivity index (χ1n) is 12.4. The monoisotopic (exact) mass is 427 g/mol. The van der Waals surface area contributed by atoms with Gasteiger partial charge >= 0.3 is 0 Å². The average Bonchev–Trinajstić information content (AvgIpc) is 2.84. The maximum absolute atomic E-state index is 11.1. The van der Waals surface area contributed by atoms with Crippen molar-refractivity contribution in [3.8, 4) is 5.75 Å². The van der Waals surface area contributed by atoms with E-state index in [4.69, 9.17) is 0 Å². The first-order chi connectivity index (χ1) is 15.8. The number of benzene rings is 3. The number of likely N-dealkylation sites (tertiary alicyclic amines) is 1. The van der Waals surface area contributed by atoms with E-state index in [2.05, 4.69) is 66.1 Å². The molecule has 2 atom stereocenters. The van der Waals surface area contributed by atoms with Gasteiger partial charge in [-0.15, -0.1) is 6.58 Å². The van der Waals surface area contributed by atoms with Crippen LogP contribution in [0.25, 0.3) is 10.8 Å². The fraction of sp³-hybridized carbons (Fsp3) is 0.400. The lowest BCUT2D eigenvalue weighted by Crippen LogP contribution is -2.42. The van der Waals surface area contributed by atoms with Gasteiger partial charge in [0.2, 0.25) is 0 Å². The smallest absolute Gasteiger partial charge is 0.121 e. The van der Waals surface area contributed by atoms with Crippen LogP contribution < -0.4 is 0 Å². The van der Waals surface area contributed by atoms with Crippen LogP contribution in [-0.4, -0.2) is 22.6 Å². The Labute approximate surface area is 193 Å². The van der Waals surface area contributed by atoms with Gasteiger partial charge in [0.05, 0.1) is 6.04 Å². The molecule has 3 aromatic carbocycles. The Kier molecular flexibility index (Phi) is 8.01. The second-order valence-corrected chi connectivity index (χ2v) is 9.20. The number of unbranched alkanes of at least 4 members (excludes halogenated alkanes) is 4. The Hall–Kier alpha value is -2.58. The minimum atomic E-state index is 0.0772. The number of phenols is 1. The Bertz CT molecular complexity index is 996. The summed E-state index contributed by atoms with van der Waals surface area (Å²) in [6.45, 7) is 4.93. The molecule has 0 amide bonds. The van der Waals surface area contributed by atoms with Crippen molar-refractivity contribution >= 4 is 10.8 Å². The Balaban J connectivity index is 1.66. The minimum Gasteiger partial charge on any atom is -0.508 e. The highest BCUT2D eigenvalue weighted by molar-refractivity contribution is 5.88. The first-order valence-corrected chi connectivity index (χ1v) is 12.4. The van der Waals surface area contributed by atoms with Gasteiger partial charge in [0.15, 0.2) is 0 Å². The Morgan fingerprint density at radius 1 is 0.906 bits per heavy atom. The molecule has 32 heavy (non-hydrogen) atoms. The van der Waals surface area contributed by atoms with Crippen molar-refractivity contribution in [2.45, 2.75) is 69.9 Å². The van der Waals surface area contributed by atoms with Gasteiger partial charge in [0, 0.05) is 11.6 Å². The van der Waals surface area contributed by atoms with E-state index in [0.29, 0.717) is 11.8 Å². The van der Waals surface area contributed by atoms with E-state index < -0.39 is 0 Å². The van der Waals surface area contributed by atoms with Crippen molar-refractivity contribution < 1.29 is 5.11 Å². The molecule has 3 aromatic rings. The molecule has 0 aliphatic carbocycles. The quantitative estimate of drug-likeness (QED) is 0.261. The molecule has 2 heteroatoms. The van der Waals surface area contributed by atoms with Crippen molar-refractivity contribution in [2.75, 3.05) is 6.54 Å². The highest BCUT2D eigenvalue weighted by Crippen LogP contribution is 2.42. The predicted molar refractivity (Wildman–Crippen MR) is 136 cm³/mol. The SMILES string of the molecule is C=CCCCCCC[C@@H]1CCCCN1[C@H](c1ccccc1)c1c(O)ccc2ccccc12. The van der Waals surface area contributed by atoms with Crippen LogP contribution in [0, 0.1) is 0 Å². The van der Waals surface area contributed by atoms with Crippen molar-refractivity contribution in [2.24, 2.45) is 0 Å². The highest BCUT2D eigenvalue weighted by atomic mass is 16.3. The summed E-state index contributed by atoms with van der Waals surface area (Å²) in [5, 5.41) is 13.5. The molecule has 0 spiro atoms. The van der Waals surface area contributed by atoms with Crippen molar-refractivity contribution in [1.29, 1.82) is 0 Å². The first kappa shape index (κ1) is 22.6. The zero-order valence-corrected chi connectivity index (χ0v) is 19.3. The molecule has 0 aromatic heterocycles. The van der Waals surface area contributed by atoms with Gasteiger partial charge in [-0.05, 0) is 61.1 Å². The molecule has 1 heterocycles. The lowest BCUT2D eigenvalue weighted by Gasteiger charge is -2.42. The summed E-state index contributed by atoms with van der Waals surface area (Å²) in [7, 11) is 0. The van der Waals surface area contributed by atoms with Crippen molar-refractivity contribution in [1.82, 2.24) is 4.90 Å². The normalized spacial score (nSPS) is 17.9. The molecule has 2 nitrogen and oxygen atoms in total. The second-order valence-electron chi connectivity index (χ2n) is 9.20. The number of allylic oxidation sites excluding steroid dienone is 1. The molecule has 1 fully saturated rings. The van der Waals surface area contributed by atoms with Gasteiger partial charge < -0.3 is 5.11 Å². The summed E-state index contributed by atoms with van der Waals surface area (Å²) < 4.78 is 0. The number of phenolic OH excluding ortho intramolecular Hbond substituents is 1. The van der Waals surface area contributed by atoms with E-state index in [0.717, 1.165) is 23.9 Å². The number of hydrogen-bond acceptors (Lipinski definition) is 2. The van der Waals surface area contributed by atoms with Crippen molar-refractivity contribution in [3.63, 3.8) is 0 Å². The molecule has 0 saturated carbocycles. The summed E-state index contributed by atoms with van der Waals surface area (Å²) in [4.78, 5) is 2.70. The standard InChI is InChI=1S/C30H37NO/c1-2-3-4-5-6-10-18-26-19-13-14-23-31(26)30(25-16-8-7-9-17-25)29-27-20-12-11-15-24(27)21-22-28(29)32/h2,7-9,11-12,15-17,20-22,26,30,32H,1,3-6,10,13-14,18-19,23H2/t26-,30-/m1/s1. The number of fused-ring (bicyclic) bond motifs is 1. The van der Waals surface area contributed by atoms with Gasteiger partial charge in [-0.3, -0.25) is 4.90 Å². The van der Waals surface area contributed by atoms with Crippen LogP contribution in [0.4, 0.5) is 0 Å². The second kappa shape index (κ2) is 11.3. The lowest BCUT2D eigenvalue weighted by molar-refractivity contribution is 0.104. The van der Waals surface area contributed by atoms with Crippen LogP contribution in [0.15, 0.2) is 79.4 Å². The molecule has 168 valence electrons. The van der Waals surface area contributed by atoms with Gasteiger partial charge in [0.25, 0.3) is 0 Å². The van der Waals surface area contributed by atoms with E-state index in [1.165, 1.54) is 62.3 Å². The average molecular weight is 428 g/mol. The lowest BCUT2D eigenvalue weighted by atomic mass is 9.87. The van der Waals surface area contributed by atoms with E-state index in [1.807, 2.05) is 18.2 Å². The van der Waals surface area contributed by atoms with Gasteiger partial charge in [-0.2, -0.15) is 0 Å². The number of rotatable bonds is 10. The third-order valence-corrected chi connectivity index (χ3v) is 7.04. The van der Waals surface area contributed by atoms with Crippen LogP contribution in [-0.2, 0) is 0 Å². The molecular weight excluding hydrogens is 390 g/mol. The zero-order chi connectivity index (χ0) is 22.2. The number of nitrogens with zero attached hydrogens (tertiary/aromatic N) is 1. The van der Waals surface area contributed by atoms with Crippen LogP contribution in [0.5, 0.6) is 5.75 Å². The number of hydrogen-bond donors (Lipinski definition) is 1. The molecule has 0 radical (unpaired) electrons. The maximum Gasteiger partial charge on any atom is 0.121 e.